The van der Waals surface area contributed by atoms with Crippen molar-refractivity contribution in [1.82, 2.24) is 39.4 Å². The maximum absolute atomic E-state index is 15.4. The predicted molar refractivity (Wildman–Crippen MR) is 236 cm³/mol. The number of nitrogens with zero attached hydrogens (tertiary/aromatic N) is 6. The number of carbonyl (C=O) groups excluding carboxylic acids is 3. The second kappa shape index (κ2) is 15.4. The number of benzene rings is 3. The van der Waals surface area contributed by atoms with Gasteiger partial charge in [0.05, 0.1) is 52.2 Å². The lowest BCUT2D eigenvalue weighted by atomic mass is 9.81. The number of aromatic amines is 1. The standard InChI is InChI=1S/C48H45FN8O9/c1-4-28-30-13-37-43-32(19-55(37)45(61)33(30)20-65-46(28)62)42-35(10-9-29-23(3)34(49)14-36(50-43)41(29)42)51-48(64)66-21-40(60)56-26-12-27(56)18-54(17-26)16-24-5-7-25(8-6-24)57-44(52-53-47(57)63)31-11-22(2)38(58)15-39(31)59/h5-8,11,13-15,26-28,35,58-59H,4,9-10,12,16-21H2,1-3H3,(H,51,64)(H,53,63). The summed E-state index contributed by atoms with van der Waals surface area (Å²) in [6, 6.07) is 12.8. The Balaban J connectivity index is 0.758. The van der Waals surface area contributed by atoms with Crippen molar-refractivity contribution in [3.05, 3.63) is 120 Å². The summed E-state index contributed by atoms with van der Waals surface area (Å²) in [5, 5.41) is 30.8. The third-order valence-corrected chi connectivity index (χ3v) is 14.2. The van der Waals surface area contributed by atoms with Crippen LogP contribution in [0.15, 0.2) is 58.1 Å². The lowest BCUT2D eigenvalue weighted by Gasteiger charge is -2.56. The van der Waals surface area contributed by atoms with Crippen molar-refractivity contribution < 1.29 is 38.5 Å². The number of phenolic OH excluding ortho intramolecular Hbond substituents is 2. The monoisotopic (exact) mass is 896 g/mol. The van der Waals surface area contributed by atoms with E-state index in [4.69, 9.17) is 14.5 Å². The van der Waals surface area contributed by atoms with Crippen LogP contribution in [0.5, 0.6) is 11.5 Å². The van der Waals surface area contributed by atoms with Crippen LogP contribution in [0.2, 0.25) is 0 Å². The number of phenols is 2. The number of ether oxygens (including phenoxy) is 2. The first kappa shape index (κ1) is 41.4. The summed E-state index contributed by atoms with van der Waals surface area (Å²) in [7, 11) is 0. The van der Waals surface area contributed by atoms with E-state index in [1.165, 1.54) is 16.7 Å². The van der Waals surface area contributed by atoms with Gasteiger partial charge in [-0.25, -0.2) is 28.6 Å². The highest BCUT2D eigenvalue weighted by Crippen LogP contribution is 2.46. The quantitative estimate of drug-likeness (QED) is 0.150. The minimum absolute atomic E-state index is 0.0464. The number of alkyl carbamates (subject to hydrolysis) is 1. The van der Waals surface area contributed by atoms with Gasteiger partial charge in [-0.15, -0.1) is 0 Å². The van der Waals surface area contributed by atoms with Crippen LogP contribution in [0, 0.1) is 19.7 Å². The van der Waals surface area contributed by atoms with E-state index in [1.807, 2.05) is 25.1 Å². The number of aromatic hydroxyl groups is 2. The van der Waals surface area contributed by atoms with Gasteiger partial charge in [0.25, 0.3) is 11.5 Å². The van der Waals surface area contributed by atoms with E-state index in [2.05, 4.69) is 20.4 Å². The molecule has 338 valence electrons. The molecule has 18 heteroatoms. The molecule has 5 aliphatic heterocycles. The summed E-state index contributed by atoms with van der Waals surface area (Å²) >= 11 is 0. The Labute approximate surface area is 375 Å². The Morgan fingerprint density at radius 1 is 1.00 bits per heavy atom. The number of esters is 1. The first-order valence-electron chi connectivity index (χ1n) is 22.1. The predicted octanol–water partition coefficient (Wildman–Crippen LogP) is 4.88. The third kappa shape index (κ3) is 6.47. The molecule has 0 radical (unpaired) electrons. The van der Waals surface area contributed by atoms with Crippen molar-refractivity contribution in [2.45, 2.75) is 90.2 Å². The molecule has 4 atom stereocenters. The molecule has 1 aliphatic carbocycles. The molecule has 3 saturated heterocycles. The number of carbonyl (C=O) groups is 3. The third-order valence-electron chi connectivity index (χ3n) is 14.2. The number of aromatic nitrogens is 5. The highest BCUT2D eigenvalue weighted by atomic mass is 19.1. The van der Waals surface area contributed by atoms with Crippen molar-refractivity contribution in [3.8, 4) is 40.0 Å². The highest BCUT2D eigenvalue weighted by molar-refractivity contribution is 5.93. The number of pyridine rings is 2. The molecule has 0 spiro atoms. The molecule has 3 aromatic carbocycles. The van der Waals surface area contributed by atoms with E-state index in [-0.39, 0.29) is 60.0 Å². The fourth-order valence-corrected chi connectivity index (χ4v) is 10.9. The molecule has 17 nitrogen and oxygen atoms in total. The molecular weight excluding hydrogens is 852 g/mol. The smallest absolute Gasteiger partial charge is 0.408 e. The Bertz CT molecular complexity index is 3200. The Kier molecular flexibility index (Phi) is 9.65. The molecule has 6 aromatic rings. The minimum Gasteiger partial charge on any atom is -0.508 e. The number of nitrogens with one attached hydrogen (secondary N) is 2. The molecule has 4 N–H and O–H groups in total. The normalized spacial score (nSPS) is 20.3. The summed E-state index contributed by atoms with van der Waals surface area (Å²) in [6.45, 7) is 6.75. The van der Waals surface area contributed by atoms with Crippen LogP contribution in [0.1, 0.15) is 82.7 Å². The van der Waals surface area contributed by atoms with Crippen LogP contribution in [-0.4, -0.2) is 94.1 Å². The molecule has 4 unspecified atom stereocenters. The number of halogens is 1. The molecule has 66 heavy (non-hydrogen) atoms. The topological polar surface area (TPSA) is 214 Å². The molecule has 8 heterocycles. The van der Waals surface area contributed by atoms with Gasteiger partial charge in [-0.1, -0.05) is 19.1 Å². The van der Waals surface area contributed by atoms with E-state index in [1.54, 1.807) is 41.5 Å². The molecule has 12 rings (SSSR count). The SMILES string of the molecule is CCC1C(=O)OCc2c1cc1n(c2=O)Cc2c-1nc1cc(F)c(C)c3c1c2C(NC(=O)OCC(=O)N1C2CC1CN(Cc1ccc(-n4c(-c5cc(C)c(O)cc5O)n[nH]c4=O)cc1)C2)CC3. The summed E-state index contributed by atoms with van der Waals surface area (Å²) in [6.07, 6.45) is 1.41. The minimum atomic E-state index is -0.769. The van der Waals surface area contributed by atoms with Crippen molar-refractivity contribution in [2.24, 2.45) is 0 Å². The Morgan fingerprint density at radius 3 is 2.53 bits per heavy atom. The van der Waals surface area contributed by atoms with E-state index in [0.717, 1.165) is 34.1 Å². The van der Waals surface area contributed by atoms with Crippen LogP contribution in [-0.2, 0) is 45.2 Å². The van der Waals surface area contributed by atoms with E-state index in [9.17, 15) is 34.2 Å². The van der Waals surface area contributed by atoms with Gasteiger partial charge in [0.1, 0.15) is 23.9 Å². The summed E-state index contributed by atoms with van der Waals surface area (Å²) in [5.74, 6) is -1.74. The average Bonchev–Trinajstić information content (AvgIpc) is 3.86. The molecular formula is C48H45FN8O9. The van der Waals surface area contributed by atoms with E-state index < -0.39 is 36.2 Å². The molecule has 6 aliphatic rings. The molecule has 2 bridgehead atoms. The Morgan fingerprint density at radius 2 is 1.77 bits per heavy atom. The van der Waals surface area contributed by atoms with Crippen LogP contribution in [0.25, 0.3) is 39.4 Å². The van der Waals surface area contributed by atoms with Crippen molar-refractivity contribution in [2.75, 3.05) is 19.7 Å². The number of hydrogen-bond donors (Lipinski definition) is 4. The first-order valence-corrected chi connectivity index (χ1v) is 22.1. The summed E-state index contributed by atoms with van der Waals surface area (Å²) in [4.78, 5) is 75.6. The number of cyclic esters (lactones) is 1. The zero-order valence-corrected chi connectivity index (χ0v) is 36.3. The number of hydrogen-bond acceptors (Lipinski definition) is 12. The molecule has 3 fully saturated rings. The number of rotatable bonds is 8. The summed E-state index contributed by atoms with van der Waals surface area (Å²) < 4.78 is 29.3. The lowest BCUT2D eigenvalue weighted by molar-refractivity contribution is -0.157. The number of fused-ring (bicyclic) bond motifs is 7. The van der Waals surface area contributed by atoms with Crippen LogP contribution in [0.3, 0.4) is 0 Å². The largest absolute Gasteiger partial charge is 0.508 e. The lowest BCUT2D eigenvalue weighted by Crippen LogP contribution is -2.70. The van der Waals surface area contributed by atoms with Crippen LogP contribution < -0.4 is 16.6 Å². The number of H-pyrrole nitrogens is 1. The number of piperazine rings is 1. The van der Waals surface area contributed by atoms with Crippen LogP contribution >= 0.6 is 0 Å². The van der Waals surface area contributed by atoms with E-state index in [0.29, 0.717) is 89.3 Å². The van der Waals surface area contributed by atoms with Gasteiger partial charge in [-0.2, -0.15) is 5.10 Å². The van der Waals surface area contributed by atoms with Crippen molar-refractivity contribution >= 4 is 28.9 Å². The maximum atomic E-state index is 15.4. The number of aryl methyl sites for hydroxylation is 2. The average molecular weight is 897 g/mol. The van der Waals surface area contributed by atoms with Crippen molar-refractivity contribution in [3.63, 3.8) is 0 Å². The van der Waals surface area contributed by atoms with Crippen molar-refractivity contribution in [1.29, 1.82) is 0 Å². The van der Waals surface area contributed by atoms with Gasteiger partial charge in [0.2, 0.25) is 0 Å². The second-order valence-corrected chi connectivity index (χ2v) is 18.0. The van der Waals surface area contributed by atoms with E-state index >= 15 is 4.39 Å². The molecule has 3 aromatic heterocycles. The number of amides is 2. The molecule has 0 saturated carbocycles. The zero-order valence-electron chi connectivity index (χ0n) is 36.3. The molecule has 2 amide bonds. The van der Waals surface area contributed by atoms with Gasteiger partial charge in [0.15, 0.2) is 12.4 Å². The first-order chi connectivity index (χ1) is 31.8. The fraction of sp³-hybridized carbons (Fsp3) is 0.354. The van der Waals surface area contributed by atoms with Gasteiger partial charge in [0, 0.05) is 54.8 Å². The van der Waals surface area contributed by atoms with Crippen LogP contribution in [0.4, 0.5) is 9.18 Å². The zero-order chi connectivity index (χ0) is 45.9. The van der Waals surface area contributed by atoms with Gasteiger partial charge < -0.3 is 34.5 Å². The highest BCUT2D eigenvalue weighted by Gasteiger charge is 2.47. The summed E-state index contributed by atoms with van der Waals surface area (Å²) in [5.41, 5.74) is 6.82. The van der Waals surface area contributed by atoms with Gasteiger partial charge in [-0.05, 0) is 97.2 Å². The fourth-order valence-electron chi connectivity index (χ4n) is 10.9. The second-order valence-electron chi connectivity index (χ2n) is 18.0. The maximum Gasteiger partial charge on any atom is 0.408 e. The van der Waals surface area contributed by atoms with Gasteiger partial charge in [-0.3, -0.25) is 19.3 Å². The Hall–Kier alpha value is -7.34. The number of piperidine rings is 1. The van der Waals surface area contributed by atoms with Gasteiger partial charge >= 0.3 is 17.8 Å².